The number of ether oxygens (including phenoxy) is 1. The van der Waals surface area contributed by atoms with Crippen molar-refractivity contribution in [3.63, 3.8) is 0 Å². The third kappa shape index (κ3) is 5.99. The van der Waals surface area contributed by atoms with Gasteiger partial charge in [-0.15, -0.1) is 0 Å². The lowest BCUT2D eigenvalue weighted by atomic mass is 10.0. The summed E-state index contributed by atoms with van der Waals surface area (Å²) in [6.45, 7) is 3.51. The lowest BCUT2D eigenvalue weighted by Crippen LogP contribution is -2.20. The molecule has 1 aliphatic heterocycles. The van der Waals surface area contributed by atoms with Crippen LogP contribution in [0.25, 0.3) is 0 Å². The molecule has 1 aliphatic rings. The molecular weight excluding hydrogens is 351 g/mol. The molecule has 2 aromatic rings. The molecule has 0 aromatic heterocycles. The molecule has 0 spiro atoms. The van der Waals surface area contributed by atoms with E-state index in [1.165, 1.54) is 38.1 Å². The quantitative estimate of drug-likeness (QED) is 0.516. The van der Waals surface area contributed by atoms with Crippen LogP contribution in [-0.4, -0.2) is 24.5 Å². The molecule has 1 unspecified atom stereocenters. The lowest BCUT2D eigenvalue weighted by Gasteiger charge is -2.21. The Morgan fingerprint density at radius 3 is 2.19 bits per heavy atom. The van der Waals surface area contributed by atoms with Crippen molar-refractivity contribution in [3.8, 4) is 5.75 Å². The second-order valence-corrected chi connectivity index (χ2v) is 7.08. The third-order valence-electron chi connectivity index (χ3n) is 5.02. The largest absolute Gasteiger partial charge is 0.486 e. The van der Waals surface area contributed by atoms with Crippen LogP contribution in [0.15, 0.2) is 54.6 Å². The van der Waals surface area contributed by atoms with Gasteiger partial charge in [0.15, 0.2) is 0 Å². The molecule has 1 fully saturated rings. The van der Waals surface area contributed by atoms with E-state index in [4.69, 9.17) is 4.74 Å². The predicted octanol–water partition coefficient (Wildman–Crippen LogP) is 6.09. The van der Waals surface area contributed by atoms with Crippen molar-refractivity contribution in [1.29, 1.82) is 0 Å². The van der Waals surface area contributed by atoms with Gasteiger partial charge in [0.05, 0.1) is 5.56 Å². The summed E-state index contributed by atoms with van der Waals surface area (Å²) in [5.41, 5.74) is 0.398. The molecule has 27 heavy (non-hydrogen) atoms. The Labute approximate surface area is 159 Å². The Kier molecular flexibility index (Phi) is 6.78. The number of halogens is 3. The van der Waals surface area contributed by atoms with Gasteiger partial charge < -0.3 is 9.64 Å². The third-order valence-corrected chi connectivity index (χ3v) is 5.02. The van der Waals surface area contributed by atoms with E-state index in [1.807, 2.05) is 30.3 Å². The van der Waals surface area contributed by atoms with Crippen LogP contribution in [0.4, 0.5) is 13.2 Å². The van der Waals surface area contributed by atoms with Crippen molar-refractivity contribution in [2.75, 3.05) is 19.6 Å². The van der Waals surface area contributed by atoms with E-state index < -0.39 is 11.7 Å². The number of hydrogen-bond donors (Lipinski definition) is 0. The van der Waals surface area contributed by atoms with Gasteiger partial charge in [0.2, 0.25) is 0 Å². The maximum absolute atomic E-state index is 12.7. The Bertz CT molecular complexity index is 679. The summed E-state index contributed by atoms with van der Waals surface area (Å²) in [7, 11) is 0. The first-order valence-electron chi connectivity index (χ1n) is 9.63. The average Bonchev–Trinajstić information content (AvgIpc) is 3.18. The minimum Gasteiger partial charge on any atom is -0.486 e. The van der Waals surface area contributed by atoms with Crippen molar-refractivity contribution in [3.05, 3.63) is 65.7 Å². The van der Waals surface area contributed by atoms with Gasteiger partial charge >= 0.3 is 6.18 Å². The van der Waals surface area contributed by atoms with Crippen LogP contribution in [0.2, 0.25) is 0 Å². The number of alkyl halides is 3. The van der Waals surface area contributed by atoms with Gasteiger partial charge in [0.25, 0.3) is 0 Å². The second kappa shape index (κ2) is 9.27. The van der Waals surface area contributed by atoms with Crippen LogP contribution in [0.5, 0.6) is 5.75 Å². The molecule has 5 heteroatoms. The molecule has 0 aliphatic carbocycles. The summed E-state index contributed by atoms with van der Waals surface area (Å²) in [6.07, 6.45) is 1.09. The summed E-state index contributed by atoms with van der Waals surface area (Å²) in [5, 5.41) is 0. The number of benzene rings is 2. The van der Waals surface area contributed by atoms with Crippen LogP contribution >= 0.6 is 0 Å². The molecule has 0 bridgehead atoms. The monoisotopic (exact) mass is 377 g/mol. The number of hydrogen-bond acceptors (Lipinski definition) is 2. The number of nitrogens with zero attached hydrogens (tertiary/aromatic N) is 1. The highest BCUT2D eigenvalue weighted by Crippen LogP contribution is 2.32. The maximum atomic E-state index is 12.7. The molecule has 0 radical (unpaired) electrons. The highest BCUT2D eigenvalue weighted by Gasteiger charge is 2.30. The molecule has 1 heterocycles. The molecule has 1 saturated heterocycles. The SMILES string of the molecule is FC(F)(F)c1ccc(OC(CCCCN2CCCC2)c2ccccc2)cc1. The zero-order chi connectivity index (χ0) is 19.1. The topological polar surface area (TPSA) is 12.5 Å². The predicted molar refractivity (Wildman–Crippen MR) is 101 cm³/mol. The Hall–Kier alpha value is -2.01. The van der Waals surface area contributed by atoms with Crippen LogP contribution < -0.4 is 4.74 Å². The van der Waals surface area contributed by atoms with Crippen LogP contribution in [0.1, 0.15) is 49.3 Å². The zero-order valence-corrected chi connectivity index (χ0v) is 15.4. The van der Waals surface area contributed by atoms with Gasteiger partial charge in [-0.2, -0.15) is 13.2 Å². The molecule has 0 amide bonds. The fourth-order valence-corrected chi connectivity index (χ4v) is 3.52. The van der Waals surface area contributed by atoms with Crippen molar-refractivity contribution in [2.45, 2.75) is 44.4 Å². The van der Waals surface area contributed by atoms with E-state index >= 15 is 0 Å². The van der Waals surface area contributed by atoms with E-state index in [0.717, 1.165) is 43.5 Å². The van der Waals surface area contributed by atoms with Gasteiger partial charge in [-0.3, -0.25) is 0 Å². The van der Waals surface area contributed by atoms with Crippen molar-refractivity contribution in [1.82, 2.24) is 4.90 Å². The highest BCUT2D eigenvalue weighted by molar-refractivity contribution is 5.30. The molecule has 0 N–H and O–H groups in total. The smallest absolute Gasteiger partial charge is 0.416 e. The number of unbranched alkanes of at least 4 members (excludes halogenated alkanes) is 1. The number of likely N-dealkylation sites (tertiary alicyclic amines) is 1. The summed E-state index contributed by atoms with van der Waals surface area (Å²) in [4.78, 5) is 2.49. The Morgan fingerprint density at radius 1 is 0.889 bits per heavy atom. The highest BCUT2D eigenvalue weighted by atomic mass is 19.4. The van der Waals surface area contributed by atoms with Crippen molar-refractivity contribution >= 4 is 0 Å². The van der Waals surface area contributed by atoms with Gasteiger partial charge in [-0.1, -0.05) is 30.3 Å². The molecule has 2 aromatic carbocycles. The fourth-order valence-electron chi connectivity index (χ4n) is 3.52. The van der Waals surface area contributed by atoms with Gasteiger partial charge in [-0.25, -0.2) is 0 Å². The Morgan fingerprint density at radius 2 is 1.56 bits per heavy atom. The number of rotatable bonds is 8. The molecular formula is C22H26F3NO. The van der Waals surface area contributed by atoms with Crippen LogP contribution in [-0.2, 0) is 6.18 Å². The molecule has 1 atom stereocenters. The molecule has 2 nitrogen and oxygen atoms in total. The van der Waals surface area contributed by atoms with Gasteiger partial charge in [0, 0.05) is 0 Å². The van der Waals surface area contributed by atoms with E-state index in [1.54, 1.807) is 0 Å². The van der Waals surface area contributed by atoms with Gasteiger partial charge in [-0.05, 0) is 81.6 Å². The minimum absolute atomic E-state index is 0.151. The van der Waals surface area contributed by atoms with E-state index in [2.05, 4.69) is 4.90 Å². The average molecular weight is 377 g/mol. The second-order valence-electron chi connectivity index (χ2n) is 7.08. The van der Waals surface area contributed by atoms with E-state index in [9.17, 15) is 13.2 Å². The van der Waals surface area contributed by atoms with Gasteiger partial charge in [0.1, 0.15) is 11.9 Å². The molecule has 3 rings (SSSR count). The maximum Gasteiger partial charge on any atom is 0.416 e. The summed E-state index contributed by atoms with van der Waals surface area (Å²) in [5.74, 6) is 0.469. The van der Waals surface area contributed by atoms with Crippen molar-refractivity contribution < 1.29 is 17.9 Å². The normalized spacial score (nSPS) is 16.4. The van der Waals surface area contributed by atoms with Crippen molar-refractivity contribution in [2.24, 2.45) is 0 Å². The first kappa shape index (κ1) is 19.7. The summed E-state index contributed by atoms with van der Waals surface area (Å²) < 4.78 is 44.3. The molecule has 146 valence electrons. The zero-order valence-electron chi connectivity index (χ0n) is 15.4. The van der Waals surface area contributed by atoms with Crippen LogP contribution in [0.3, 0.4) is 0 Å². The first-order valence-corrected chi connectivity index (χ1v) is 9.63. The van der Waals surface area contributed by atoms with E-state index in [-0.39, 0.29) is 6.10 Å². The first-order chi connectivity index (χ1) is 13.0. The molecule has 0 saturated carbocycles. The fraction of sp³-hybridized carbons (Fsp3) is 0.455. The standard InChI is InChI=1S/C22H26F3NO/c23-22(24,25)19-11-13-20(14-12-19)27-21(18-8-2-1-3-9-18)10-4-5-15-26-16-6-7-17-26/h1-3,8-9,11-14,21H,4-7,10,15-17H2. The summed E-state index contributed by atoms with van der Waals surface area (Å²) in [6, 6.07) is 14.9. The summed E-state index contributed by atoms with van der Waals surface area (Å²) >= 11 is 0. The van der Waals surface area contributed by atoms with Crippen LogP contribution in [0, 0.1) is 0 Å². The lowest BCUT2D eigenvalue weighted by molar-refractivity contribution is -0.137. The Balaban J connectivity index is 1.59. The minimum atomic E-state index is -4.33. The van der Waals surface area contributed by atoms with E-state index in [0.29, 0.717) is 5.75 Å².